The van der Waals surface area contributed by atoms with E-state index in [1.807, 2.05) is 26.5 Å². The van der Waals surface area contributed by atoms with Gasteiger partial charge in [-0.15, -0.1) is 0 Å². The van der Waals surface area contributed by atoms with E-state index in [9.17, 15) is 8.78 Å². The summed E-state index contributed by atoms with van der Waals surface area (Å²) in [5, 5.41) is 3.72. The van der Waals surface area contributed by atoms with Gasteiger partial charge in [0.1, 0.15) is 6.67 Å². The molecule has 6 nitrogen and oxygen atoms in total. The van der Waals surface area contributed by atoms with Crippen LogP contribution in [0.2, 0.25) is 0 Å². The van der Waals surface area contributed by atoms with Crippen molar-refractivity contribution in [2.24, 2.45) is 0 Å². The summed E-state index contributed by atoms with van der Waals surface area (Å²) in [6.07, 6.45) is 14.8. The van der Waals surface area contributed by atoms with Gasteiger partial charge in [-0.25, -0.2) is 4.39 Å². The summed E-state index contributed by atoms with van der Waals surface area (Å²) in [7, 11) is 3.99. The van der Waals surface area contributed by atoms with Gasteiger partial charge in [0, 0.05) is 67.4 Å². The van der Waals surface area contributed by atoms with Crippen LogP contribution in [0.4, 0.5) is 8.78 Å². The molecule has 2 heterocycles. The highest BCUT2D eigenvalue weighted by atomic mass is 79.9. The van der Waals surface area contributed by atoms with Crippen molar-refractivity contribution in [2.45, 2.75) is 51.4 Å². The van der Waals surface area contributed by atoms with Crippen molar-refractivity contribution in [1.82, 2.24) is 30.2 Å². The Morgan fingerprint density at radius 1 is 0.735 bits per heavy atom. The molecule has 9 heteroatoms. The minimum Gasteiger partial charge on any atom is -0.319 e. The topological polar surface area (TPSA) is 66.8 Å². The maximum atomic E-state index is 12.5. The summed E-state index contributed by atoms with van der Waals surface area (Å²) in [6, 6.07) is 17.3. The Bertz CT molecular complexity index is 1650. The molecular formula is C40H49BrF2N6. The van der Waals surface area contributed by atoms with E-state index in [0.29, 0.717) is 11.9 Å². The molecule has 2 aromatic carbocycles. The van der Waals surface area contributed by atoms with E-state index in [2.05, 4.69) is 108 Å². The second-order valence-corrected chi connectivity index (χ2v) is 13.2. The second kappa shape index (κ2) is 20.1. The Morgan fingerprint density at radius 3 is 1.65 bits per heavy atom. The van der Waals surface area contributed by atoms with E-state index >= 15 is 0 Å². The van der Waals surface area contributed by atoms with Gasteiger partial charge in [0.15, 0.2) is 0 Å². The molecule has 0 spiro atoms. The van der Waals surface area contributed by atoms with Crippen LogP contribution in [0, 0.1) is 0 Å². The van der Waals surface area contributed by atoms with Crippen LogP contribution in [-0.4, -0.2) is 77.2 Å². The van der Waals surface area contributed by atoms with Gasteiger partial charge < -0.3 is 10.2 Å². The monoisotopic (exact) mass is 730 g/mol. The SMILES string of the molecule is CC(C1=C(CCN(C)CCF)Cc2ccccc21)c1cnccn1.CNCCC1=C(C(C)c2cnccn2)c2ccccc2C1.FCCBr. The van der Waals surface area contributed by atoms with Crippen molar-refractivity contribution in [1.29, 1.82) is 0 Å². The fraction of sp³-hybridized carbons (Fsp3) is 0.400. The number of hydrogen-bond acceptors (Lipinski definition) is 6. The molecule has 260 valence electrons. The molecule has 0 amide bonds. The summed E-state index contributed by atoms with van der Waals surface area (Å²) in [6.45, 7) is 6.27. The maximum Gasteiger partial charge on any atom is 0.102 e. The predicted molar refractivity (Wildman–Crippen MR) is 201 cm³/mol. The van der Waals surface area contributed by atoms with Crippen molar-refractivity contribution in [3.8, 4) is 0 Å². The van der Waals surface area contributed by atoms with E-state index in [1.165, 1.54) is 44.5 Å². The van der Waals surface area contributed by atoms with Crippen LogP contribution in [0.1, 0.15) is 72.2 Å². The average molecular weight is 732 g/mol. The maximum absolute atomic E-state index is 12.5. The summed E-state index contributed by atoms with van der Waals surface area (Å²) >= 11 is 2.87. The summed E-state index contributed by atoms with van der Waals surface area (Å²) in [5.74, 6) is 0.498. The smallest absolute Gasteiger partial charge is 0.102 e. The number of rotatable bonds is 13. The van der Waals surface area contributed by atoms with Crippen LogP contribution in [0.3, 0.4) is 0 Å². The van der Waals surface area contributed by atoms with Crippen LogP contribution < -0.4 is 5.32 Å². The molecule has 0 fully saturated rings. The zero-order chi connectivity index (χ0) is 35.0. The Morgan fingerprint density at radius 2 is 1.22 bits per heavy atom. The standard InChI is InChI=1S/C20H24FN3.C18H21N3.C2H4BrF/c1-15(19-14-22-9-10-23-19)20-17(7-11-24(2)12-8-21)13-16-5-3-4-6-18(16)20;1-13(17-12-20-9-10-21-17)18-15(7-8-19-2)11-14-5-3-4-6-16(14)18;3-1-2-4/h3-6,9-10,14-15H,7-8,11-13H2,1-2H3;3-6,9-10,12-13,19H,7-8,11H2,1-2H3;1-2H2. The Hall–Kier alpha value is -3.66. The zero-order valence-electron chi connectivity index (χ0n) is 29.2. The van der Waals surface area contributed by atoms with E-state index in [-0.39, 0.29) is 25.2 Å². The second-order valence-electron chi connectivity index (χ2n) is 12.4. The fourth-order valence-corrected chi connectivity index (χ4v) is 6.65. The molecule has 0 aliphatic heterocycles. The van der Waals surface area contributed by atoms with Crippen molar-refractivity contribution in [2.75, 3.05) is 52.4 Å². The first-order valence-corrected chi connectivity index (χ1v) is 18.2. The van der Waals surface area contributed by atoms with E-state index in [4.69, 9.17) is 0 Å². The molecular weight excluding hydrogens is 682 g/mol. The van der Waals surface area contributed by atoms with Gasteiger partial charge in [-0.1, -0.05) is 89.5 Å². The molecule has 0 radical (unpaired) electrons. The molecule has 2 aliphatic carbocycles. The van der Waals surface area contributed by atoms with Gasteiger partial charge in [0.2, 0.25) is 0 Å². The third-order valence-corrected chi connectivity index (χ3v) is 9.41. The van der Waals surface area contributed by atoms with Crippen molar-refractivity contribution in [3.05, 3.63) is 130 Å². The fourth-order valence-electron chi connectivity index (χ4n) is 6.65. The molecule has 2 unspecified atom stereocenters. The lowest BCUT2D eigenvalue weighted by Gasteiger charge is -2.19. The molecule has 2 aromatic heterocycles. The summed E-state index contributed by atoms with van der Waals surface area (Å²) < 4.78 is 23.2. The minimum atomic E-state index is -0.293. The molecule has 2 atom stereocenters. The predicted octanol–water partition coefficient (Wildman–Crippen LogP) is 8.43. The molecule has 6 rings (SSSR count). The highest BCUT2D eigenvalue weighted by Gasteiger charge is 2.27. The third kappa shape index (κ3) is 10.4. The number of hydrogen-bond donors (Lipinski definition) is 1. The van der Waals surface area contributed by atoms with Crippen molar-refractivity contribution < 1.29 is 8.78 Å². The van der Waals surface area contributed by atoms with Gasteiger partial charge >= 0.3 is 0 Å². The first-order valence-electron chi connectivity index (χ1n) is 17.1. The molecule has 4 aromatic rings. The van der Waals surface area contributed by atoms with Crippen LogP contribution in [0.15, 0.2) is 96.9 Å². The Balaban J connectivity index is 0.000000201. The van der Waals surface area contributed by atoms with Crippen molar-refractivity contribution in [3.63, 3.8) is 0 Å². The highest BCUT2D eigenvalue weighted by Crippen LogP contribution is 2.43. The quantitative estimate of drug-likeness (QED) is 0.139. The first-order chi connectivity index (χ1) is 23.9. The number of halogens is 3. The lowest BCUT2D eigenvalue weighted by atomic mass is 9.90. The number of aromatic nitrogens is 4. The number of allylic oxidation sites excluding steroid dienone is 2. The molecule has 49 heavy (non-hydrogen) atoms. The van der Waals surface area contributed by atoms with Gasteiger partial charge in [0.25, 0.3) is 0 Å². The number of fused-ring (bicyclic) bond motifs is 2. The Labute approximate surface area is 299 Å². The number of benzene rings is 2. The number of alkyl halides is 3. The van der Waals surface area contributed by atoms with Crippen LogP contribution in [0.25, 0.3) is 11.1 Å². The summed E-state index contributed by atoms with van der Waals surface area (Å²) in [5.41, 5.74) is 13.4. The zero-order valence-corrected chi connectivity index (χ0v) is 30.8. The van der Waals surface area contributed by atoms with Crippen LogP contribution >= 0.6 is 15.9 Å². The molecule has 1 N–H and O–H groups in total. The lowest BCUT2D eigenvalue weighted by molar-refractivity contribution is 0.298. The van der Waals surface area contributed by atoms with E-state index < -0.39 is 0 Å². The third-order valence-electron chi connectivity index (χ3n) is 9.11. The molecule has 0 saturated heterocycles. The molecule has 0 saturated carbocycles. The van der Waals surface area contributed by atoms with E-state index in [0.717, 1.165) is 50.2 Å². The average Bonchev–Trinajstić information content (AvgIpc) is 3.72. The lowest BCUT2D eigenvalue weighted by Crippen LogP contribution is -2.22. The number of nitrogens with zero attached hydrogens (tertiary/aromatic N) is 5. The van der Waals surface area contributed by atoms with Gasteiger partial charge in [-0.3, -0.25) is 24.3 Å². The van der Waals surface area contributed by atoms with Crippen LogP contribution in [0.5, 0.6) is 0 Å². The normalized spacial score (nSPS) is 14.4. The Kier molecular flexibility index (Phi) is 15.7. The molecule has 2 aliphatic rings. The summed E-state index contributed by atoms with van der Waals surface area (Å²) in [4.78, 5) is 19.5. The number of nitrogens with one attached hydrogen (secondary N) is 1. The highest BCUT2D eigenvalue weighted by molar-refractivity contribution is 9.09. The van der Waals surface area contributed by atoms with E-state index in [1.54, 1.807) is 24.8 Å². The van der Waals surface area contributed by atoms with Crippen molar-refractivity contribution >= 4 is 27.1 Å². The van der Waals surface area contributed by atoms with Gasteiger partial charge in [-0.05, 0) is 79.7 Å². The molecule has 0 bridgehead atoms. The van der Waals surface area contributed by atoms with Gasteiger partial charge in [-0.2, -0.15) is 0 Å². The first kappa shape index (κ1) is 38.1. The largest absolute Gasteiger partial charge is 0.319 e. The minimum absolute atomic E-state index is 0.212. The van der Waals surface area contributed by atoms with Gasteiger partial charge in [0.05, 0.1) is 18.1 Å². The van der Waals surface area contributed by atoms with Crippen LogP contribution in [-0.2, 0) is 12.8 Å².